The molecule has 12 fully saturated rings. The lowest BCUT2D eigenvalue weighted by Gasteiger charge is -2.61. The highest BCUT2D eigenvalue weighted by molar-refractivity contribution is 6.09. The summed E-state index contributed by atoms with van der Waals surface area (Å²) in [7, 11) is 0. The molecule has 0 aliphatic heterocycles. The number of anilines is 9. The van der Waals surface area contributed by atoms with E-state index in [4.69, 9.17) is 0 Å². The van der Waals surface area contributed by atoms with Crippen molar-refractivity contribution in [1.29, 1.82) is 0 Å². The highest BCUT2D eigenvalue weighted by atomic mass is 15.2. The summed E-state index contributed by atoms with van der Waals surface area (Å²) in [4.78, 5) is 7.17. The Balaban J connectivity index is 0.000000101. The number of para-hydroxylation sites is 3. The van der Waals surface area contributed by atoms with Crippen molar-refractivity contribution in [1.82, 2.24) is 0 Å². The van der Waals surface area contributed by atoms with Crippen molar-refractivity contribution in [2.45, 2.75) is 113 Å². The second-order valence-corrected chi connectivity index (χ2v) is 44.1. The second-order valence-electron chi connectivity index (χ2n) is 44.1. The molecule has 0 heterocycles. The highest BCUT2D eigenvalue weighted by Crippen LogP contribution is 2.74. The van der Waals surface area contributed by atoms with Gasteiger partial charge in [-0.3, -0.25) is 0 Å². The van der Waals surface area contributed by atoms with Crippen molar-refractivity contribution < 1.29 is 0 Å². The molecule has 0 unspecified atom stereocenters. The molecule has 3 nitrogen and oxygen atoms in total. The molecule has 141 heavy (non-hydrogen) atoms. The zero-order valence-corrected chi connectivity index (χ0v) is 80.0. The maximum absolute atomic E-state index is 2.51. The van der Waals surface area contributed by atoms with Crippen LogP contribution in [-0.2, 0) is 16.2 Å². The Morgan fingerprint density at radius 2 is 0.411 bits per heavy atom. The Bertz CT molecular complexity index is 7970. The van der Waals surface area contributed by atoms with Crippen LogP contribution in [0.15, 0.2) is 443 Å². The van der Waals surface area contributed by atoms with Gasteiger partial charge in [-0.05, 0) is 409 Å². The molecule has 15 aliphatic rings. The number of benzene rings is 19. The van der Waals surface area contributed by atoms with Gasteiger partial charge in [0.1, 0.15) is 0 Å². The fourth-order valence-electron chi connectivity index (χ4n) is 32.7. The Hall–Kier alpha value is -14.6. The molecule has 0 radical (unpaired) electrons. The molecule has 15 aliphatic carbocycles. The van der Waals surface area contributed by atoms with E-state index in [0.29, 0.717) is 0 Å². The standard InChI is InChI=1S/C48H39N.C46H39N.C44H37N/c1-2-10-38(11-3-1)49(40-23-24-42-35(30-40)18-17-33-9-4-5-12-41(33)42)39-21-19-34(20-22-39)43-14-8-16-46-47(43)44-13-6-7-15-45(44)48(46)36-26-31-25-32(28-36)29-37(48)27-31;1-3-10-33(11-4-1)34-18-22-39(23-19-34)47(38-12-5-2-6-13-38)40-24-20-35(21-25-40)41-15-9-17-44-45(41)42-14-7-8-16-43(42)46(44)36-27-31-26-32(29-36)30-37(46)28-31;1-2-12-35(13-3-1)45(42-19-8-11-31-10-4-5-14-37(31)42)36-22-20-32(21-23-36)38-16-9-18-41-43(38)39-15-6-7-17-40(39)44(41)33-25-29-24-30(27-33)28-34(44)26-29/h1-24,30-32,36-37H,25-29H2;1-25,31-32,36-37H,26-30H2;1-23,29-30,33-34H,24-28H2. The van der Waals surface area contributed by atoms with Gasteiger partial charge in [-0.2, -0.15) is 0 Å². The fourth-order valence-corrected chi connectivity index (χ4v) is 32.7. The molecule has 19 aromatic rings. The molecule has 3 heteroatoms. The van der Waals surface area contributed by atoms with Crippen LogP contribution in [0, 0.1) is 71.0 Å². The lowest BCUT2D eigenvalue weighted by Crippen LogP contribution is -2.55. The van der Waals surface area contributed by atoms with Gasteiger partial charge in [-0.15, -0.1) is 0 Å². The minimum absolute atomic E-state index is 0.195. The summed E-state index contributed by atoms with van der Waals surface area (Å²) in [5.74, 6) is 10.4. The molecular formula is C138H115N3. The Morgan fingerprint density at radius 1 is 0.156 bits per heavy atom. The molecule has 0 atom stereocenters. The molecule has 0 amide bonds. The fraction of sp³-hybridized carbons (Fsp3) is 0.217. The van der Waals surface area contributed by atoms with E-state index in [1.807, 2.05) is 0 Å². The first-order valence-electron chi connectivity index (χ1n) is 52.9. The quantitative estimate of drug-likeness (QED) is 0.107. The lowest BCUT2D eigenvalue weighted by atomic mass is 9.43. The largest absolute Gasteiger partial charge is 0.311 e. The molecule has 0 aromatic heterocycles. The van der Waals surface area contributed by atoms with Crippen LogP contribution in [0.25, 0.3) is 110 Å². The van der Waals surface area contributed by atoms with Crippen LogP contribution in [-0.4, -0.2) is 0 Å². The summed E-state index contributed by atoms with van der Waals surface area (Å²) in [6.07, 6.45) is 21.5. The van der Waals surface area contributed by atoms with Crippen LogP contribution in [0.3, 0.4) is 0 Å². The molecule has 3 spiro atoms. The van der Waals surface area contributed by atoms with Crippen LogP contribution in [0.2, 0.25) is 0 Å². The van der Waals surface area contributed by atoms with Crippen molar-refractivity contribution >= 4 is 83.5 Å². The first-order chi connectivity index (χ1) is 69.8. The Morgan fingerprint density at radius 3 is 0.809 bits per heavy atom. The van der Waals surface area contributed by atoms with Crippen molar-refractivity contribution in [3.63, 3.8) is 0 Å². The summed E-state index contributed by atoms with van der Waals surface area (Å²) in [6, 6.07) is 166. The monoisotopic (exact) mass is 1810 g/mol. The number of hydrogen-bond donors (Lipinski definition) is 0. The average molecular weight is 1820 g/mol. The molecule has 682 valence electrons. The summed E-state index contributed by atoms with van der Waals surface area (Å²) < 4.78 is 0. The number of rotatable bonds is 13. The molecular weight excluding hydrogens is 1700 g/mol. The number of nitrogens with zero attached hydrogens (tertiary/aromatic N) is 3. The lowest BCUT2D eigenvalue weighted by molar-refractivity contribution is -0.0399. The normalized spacial score (nSPS) is 24.8. The van der Waals surface area contributed by atoms with Crippen LogP contribution in [0.5, 0.6) is 0 Å². The first-order valence-corrected chi connectivity index (χ1v) is 52.9. The van der Waals surface area contributed by atoms with E-state index in [0.717, 1.165) is 93.8 Å². The van der Waals surface area contributed by atoms with Crippen LogP contribution < -0.4 is 14.7 Å². The van der Waals surface area contributed by atoms with Gasteiger partial charge in [0.15, 0.2) is 0 Å². The summed E-state index contributed by atoms with van der Waals surface area (Å²) in [5, 5.41) is 7.64. The van der Waals surface area contributed by atoms with E-state index in [1.54, 1.807) is 33.4 Å². The van der Waals surface area contributed by atoms with Crippen LogP contribution in [0.4, 0.5) is 51.2 Å². The van der Waals surface area contributed by atoms with Gasteiger partial charge in [0, 0.05) is 67.1 Å². The first kappa shape index (κ1) is 83.3. The smallest absolute Gasteiger partial charge is 0.0540 e. The topological polar surface area (TPSA) is 9.72 Å². The summed E-state index contributed by atoms with van der Waals surface area (Å²) in [6.45, 7) is 0. The number of hydrogen-bond acceptors (Lipinski definition) is 3. The van der Waals surface area contributed by atoms with Crippen molar-refractivity contribution in [2.75, 3.05) is 14.7 Å². The van der Waals surface area contributed by atoms with Gasteiger partial charge >= 0.3 is 0 Å². The van der Waals surface area contributed by atoms with Crippen molar-refractivity contribution in [3.8, 4) is 77.9 Å². The Labute approximate surface area is 830 Å². The molecule has 0 saturated heterocycles. The summed E-state index contributed by atoms with van der Waals surface area (Å²) >= 11 is 0. The molecule has 12 bridgehead atoms. The second kappa shape index (κ2) is 33.3. The minimum Gasteiger partial charge on any atom is -0.311 e. The van der Waals surface area contributed by atoms with E-state index in [9.17, 15) is 0 Å². The summed E-state index contributed by atoms with van der Waals surface area (Å²) in [5.41, 5.74) is 40.3. The minimum atomic E-state index is 0.195. The van der Waals surface area contributed by atoms with Crippen LogP contribution in [0.1, 0.15) is 130 Å². The third-order valence-corrected chi connectivity index (χ3v) is 37.3. The average Bonchev–Trinajstić information content (AvgIpc) is 1.53. The molecule has 34 rings (SSSR count). The molecule has 0 N–H and O–H groups in total. The highest BCUT2D eigenvalue weighted by Gasteiger charge is 2.65. The van der Waals surface area contributed by atoms with Crippen molar-refractivity contribution in [2.24, 2.45) is 71.0 Å². The Kier molecular flexibility index (Phi) is 19.7. The SMILES string of the molecule is c1ccc(-c2ccc(N(c3ccccc3)c3ccc(-c4cccc5c4-c4ccccc4C54C5CC6CC(C5)CC4C6)cc3)cc2)cc1.c1ccc(N(c2ccc(-c3cccc4c3-c3ccccc3C43C4CC5CC(C4)CC3C5)cc2)c2ccc3c(ccc4ccccc43)c2)cc1.c1ccc(N(c2ccc(-c3cccc4c3-c3ccccc3C43C4CC5CC(C4)CC3C5)cc2)c2cccc3ccccc23)cc1. The van der Waals surface area contributed by atoms with E-state index in [1.165, 1.54) is 235 Å². The van der Waals surface area contributed by atoms with E-state index in [2.05, 4.69) is 458 Å². The van der Waals surface area contributed by atoms with Gasteiger partial charge in [0.25, 0.3) is 0 Å². The van der Waals surface area contributed by atoms with E-state index < -0.39 is 0 Å². The number of fused-ring (bicyclic) bond motifs is 13. The van der Waals surface area contributed by atoms with E-state index in [-0.39, 0.29) is 16.2 Å². The third-order valence-electron chi connectivity index (χ3n) is 37.3. The van der Waals surface area contributed by atoms with E-state index >= 15 is 0 Å². The van der Waals surface area contributed by atoms with Crippen molar-refractivity contribution in [3.05, 3.63) is 476 Å². The van der Waals surface area contributed by atoms with Gasteiger partial charge in [0.05, 0.1) is 5.69 Å². The zero-order valence-electron chi connectivity index (χ0n) is 80.0. The van der Waals surface area contributed by atoms with Gasteiger partial charge in [-0.25, -0.2) is 0 Å². The van der Waals surface area contributed by atoms with Gasteiger partial charge in [-0.1, -0.05) is 340 Å². The predicted molar refractivity (Wildman–Crippen MR) is 587 cm³/mol. The maximum atomic E-state index is 2.51. The molecule has 12 saturated carbocycles. The third kappa shape index (κ3) is 13.0. The van der Waals surface area contributed by atoms with Gasteiger partial charge in [0.2, 0.25) is 0 Å². The maximum Gasteiger partial charge on any atom is 0.0540 e. The van der Waals surface area contributed by atoms with Crippen LogP contribution >= 0.6 is 0 Å². The zero-order chi connectivity index (χ0) is 92.6. The van der Waals surface area contributed by atoms with Gasteiger partial charge < -0.3 is 14.7 Å². The molecule has 19 aromatic carbocycles. The predicted octanol–water partition coefficient (Wildman–Crippen LogP) is 36.8.